The molecule has 0 spiro atoms. The third-order valence-corrected chi connectivity index (χ3v) is 4.00. The fraction of sp³-hybridized carbons (Fsp3) is 0.381. The summed E-state index contributed by atoms with van der Waals surface area (Å²) in [5.41, 5.74) is 3.99. The molecule has 0 saturated carbocycles. The molecule has 0 atom stereocenters. The maximum atomic E-state index is 10.8. The maximum Gasteiger partial charge on any atom is 0.328 e. The average molecular weight is 326 g/mol. The molecule has 0 saturated heterocycles. The third kappa shape index (κ3) is 4.60. The minimum Gasteiger partial charge on any atom is -0.492 e. The highest BCUT2D eigenvalue weighted by Gasteiger charge is 2.23. The van der Waals surface area contributed by atoms with Gasteiger partial charge in [-0.15, -0.1) is 0 Å². The highest BCUT2D eigenvalue weighted by atomic mass is 16.5. The Morgan fingerprint density at radius 3 is 2.67 bits per heavy atom. The van der Waals surface area contributed by atoms with Gasteiger partial charge in [-0.1, -0.05) is 52.0 Å². The average Bonchev–Trinajstić information content (AvgIpc) is 2.60. The lowest BCUT2D eigenvalue weighted by molar-refractivity contribution is -0.131. The van der Waals surface area contributed by atoms with Crippen molar-refractivity contribution >= 4 is 11.5 Å². The third-order valence-electron chi connectivity index (χ3n) is 4.00. The number of fused-ring (bicyclic) bond motifs is 1. The summed E-state index contributed by atoms with van der Waals surface area (Å²) >= 11 is 0. The summed E-state index contributed by atoms with van der Waals surface area (Å²) in [6.45, 7) is 11.0. The van der Waals surface area contributed by atoms with E-state index in [4.69, 9.17) is 9.84 Å². The second-order valence-electron chi connectivity index (χ2n) is 7.35. The maximum absolute atomic E-state index is 10.8. The van der Waals surface area contributed by atoms with Crippen molar-refractivity contribution in [1.29, 1.82) is 0 Å². The van der Waals surface area contributed by atoms with Gasteiger partial charge in [0.1, 0.15) is 5.75 Å². The molecule has 0 amide bonds. The number of carbonyl (C=O) groups is 1. The van der Waals surface area contributed by atoms with Crippen molar-refractivity contribution in [3.05, 3.63) is 59.2 Å². The first-order chi connectivity index (χ1) is 11.2. The van der Waals surface area contributed by atoms with E-state index in [0.717, 1.165) is 16.9 Å². The normalized spacial score (nSPS) is 17.2. The topological polar surface area (TPSA) is 46.5 Å². The van der Waals surface area contributed by atoms with Crippen LogP contribution in [0.2, 0.25) is 0 Å². The number of allylic oxidation sites excluding steroid dienone is 4. The molecule has 1 heterocycles. The largest absolute Gasteiger partial charge is 0.492 e. The zero-order valence-corrected chi connectivity index (χ0v) is 15.1. The predicted octanol–water partition coefficient (Wildman–Crippen LogP) is 5.20. The van der Waals surface area contributed by atoms with E-state index in [2.05, 4.69) is 45.9 Å². The molecule has 24 heavy (non-hydrogen) atoms. The Bertz CT molecular complexity index is 719. The summed E-state index contributed by atoms with van der Waals surface area (Å²) in [7, 11) is 0. The SMILES string of the molecule is CC(C=CC1=CC(C)(C)COc2ccc(C(C)C)cc21)=CC(=O)O. The first-order valence-corrected chi connectivity index (χ1v) is 8.27. The zero-order valence-electron chi connectivity index (χ0n) is 15.1. The summed E-state index contributed by atoms with van der Waals surface area (Å²) in [6, 6.07) is 6.32. The number of aliphatic carboxylic acids is 1. The zero-order chi connectivity index (χ0) is 17.9. The van der Waals surface area contributed by atoms with E-state index in [9.17, 15) is 4.79 Å². The second-order valence-corrected chi connectivity index (χ2v) is 7.35. The lowest BCUT2D eigenvalue weighted by Crippen LogP contribution is -2.17. The fourth-order valence-electron chi connectivity index (χ4n) is 2.66. The van der Waals surface area contributed by atoms with Crippen molar-refractivity contribution in [2.45, 2.75) is 40.5 Å². The lowest BCUT2D eigenvalue weighted by Gasteiger charge is -2.18. The van der Waals surface area contributed by atoms with Crippen LogP contribution in [-0.4, -0.2) is 17.7 Å². The second kappa shape index (κ2) is 7.08. The molecule has 0 aromatic heterocycles. The number of hydrogen-bond donors (Lipinski definition) is 1. The number of benzene rings is 1. The van der Waals surface area contributed by atoms with Gasteiger partial charge in [0.25, 0.3) is 0 Å². The lowest BCUT2D eigenvalue weighted by atomic mass is 9.89. The fourth-order valence-corrected chi connectivity index (χ4v) is 2.66. The first-order valence-electron chi connectivity index (χ1n) is 8.27. The number of hydrogen-bond acceptors (Lipinski definition) is 2. The molecule has 1 aliphatic rings. The molecule has 3 heteroatoms. The Kier molecular flexibility index (Phi) is 5.33. The van der Waals surface area contributed by atoms with Gasteiger partial charge in [0, 0.05) is 17.1 Å². The van der Waals surface area contributed by atoms with Gasteiger partial charge in [-0.05, 0) is 41.7 Å². The quantitative estimate of drug-likeness (QED) is 0.611. The van der Waals surface area contributed by atoms with Crippen LogP contribution >= 0.6 is 0 Å². The van der Waals surface area contributed by atoms with Crippen molar-refractivity contribution in [3.63, 3.8) is 0 Å². The van der Waals surface area contributed by atoms with Gasteiger partial charge in [0.15, 0.2) is 0 Å². The van der Waals surface area contributed by atoms with Crippen LogP contribution < -0.4 is 4.74 Å². The Labute approximate surface area is 144 Å². The molecule has 1 aliphatic heterocycles. The Morgan fingerprint density at radius 2 is 2.04 bits per heavy atom. The van der Waals surface area contributed by atoms with Crippen molar-refractivity contribution < 1.29 is 14.6 Å². The number of carboxylic acids is 1. The number of ether oxygens (including phenoxy) is 1. The monoisotopic (exact) mass is 326 g/mol. The molecule has 2 rings (SSSR count). The minimum absolute atomic E-state index is 0.0961. The number of rotatable bonds is 4. The summed E-state index contributed by atoms with van der Waals surface area (Å²) < 4.78 is 6.01. The van der Waals surface area contributed by atoms with Gasteiger partial charge in [-0.3, -0.25) is 0 Å². The predicted molar refractivity (Wildman–Crippen MR) is 98.3 cm³/mol. The van der Waals surface area contributed by atoms with Gasteiger partial charge >= 0.3 is 5.97 Å². The van der Waals surface area contributed by atoms with Crippen LogP contribution in [0, 0.1) is 5.41 Å². The Hall–Kier alpha value is -2.29. The Balaban J connectivity index is 2.50. The smallest absolute Gasteiger partial charge is 0.328 e. The van der Waals surface area contributed by atoms with Crippen molar-refractivity contribution in [2.24, 2.45) is 5.41 Å². The summed E-state index contributed by atoms with van der Waals surface area (Å²) in [5, 5.41) is 8.86. The van der Waals surface area contributed by atoms with Crippen molar-refractivity contribution in [1.82, 2.24) is 0 Å². The van der Waals surface area contributed by atoms with Gasteiger partial charge in [0.2, 0.25) is 0 Å². The van der Waals surface area contributed by atoms with Crippen LogP contribution in [-0.2, 0) is 4.79 Å². The first kappa shape index (κ1) is 18.1. The van der Waals surface area contributed by atoms with E-state index in [1.165, 1.54) is 11.6 Å². The van der Waals surface area contributed by atoms with Crippen LogP contribution in [0.15, 0.2) is 48.1 Å². The van der Waals surface area contributed by atoms with Crippen LogP contribution in [0.3, 0.4) is 0 Å². The van der Waals surface area contributed by atoms with E-state index < -0.39 is 5.97 Å². The molecule has 0 radical (unpaired) electrons. The van der Waals surface area contributed by atoms with E-state index in [1.54, 1.807) is 6.92 Å². The highest BCUT2D eigenvalue weighted by molar-refractivity contribution is 5.82. The molecule has 0 aliphatic carbocycles. The van der Waals surface area contributed by atoms with Gasteiger partial charge < -0.3 is 9.84 Å². The van der Waals surface area contributed by atoms with Gasteiger partial charge in [-0.25, -0.2) is 4.79 Å². The van der Waals surface area contributed by atoms with Crippen LogP contribution in [0.4, 0.5) is 0 Å². The number of carboxylic acid groups (broad SMARTS) is 1. The van der Waals surface area contributed by atoms with Crippen LogP contribution in [0.1, 0.15) is 51.7 Å². The summed E-state index contributed by atoms with van der Waals surface area (Å²) in [6.07, 6.45) is 7.23. The molecule has 128 valence electrons. The molecule has 3 nitrogen and oxygen atoms in total. The molecule has 0 bridgehead atoms. The molecular formula is C21H26O3. The molecule has 1 N–H and O–H groups in total. The Morgan fingerprint density at radius 1 is 1.33 bits per heavy atom. The van der Waals surface area contributed by atoms with E-state index in [1.807, 2.05) is 18.2 Å². The molecule has 1 aromatic carbocycles. The molecule has 1 aromatic rings. The highest BCUT2D eigenvalue weighted by Crippen LogP contribution is 2.37. The van der Waals surface area contributed by atoms with E-state index in [-0.39, 0.29) is 5.41 Å². The molecule has 0 fully saturated rings. The van der Waals surface area contributed by atoms with Crippen molar-refractivity contribution in [3.8, 4) is 5.75 Å². The summed E-state index contributed by atoms with van der Waals surface area (Å²) in [4.78, 5) is 10.8. The van der Waals surface area contributed by atoms with E-state index >= 15 is 0 Å². The van der Waals surface area contributed by atoms with Crippen LogP contribution in [0.5, 0.6) is 5.75 Å². The standard InChI is InChI=1S/C21H26O3/c1-14(2)16-8-9-19-18(11-16)17(12-21(4,5)13-24-19)7-6-15(3)10-20(22)23/h6-12,14H,13H2,1-5H3,(H,22,23). The van der Waals surface area contributed by atoms with Crippen molar-refractivity contribution in [2.75, 3.05) is 6.61 Å². The summed E-state index contributed by atoms with van der Waals surface area (Å²) in [5.74, 6) is 0.379. The molecule has 0 unspecified atom stereocenters. The van der Waals surface area contributed by atoms with Crippen LogP contribution in [0.25, 0.3) is 5.57 Å². The van der Waals surface area contributed by atoms with Gasteiger partial charge in [-0.2, -0.15) is 0 Å². The van der Waals surface area contributed by atoms with E-state index in [0.29, 0.717) is 18.1 Å². The minimum atomic E-state index is -0.932. The molecular weight excluding hydrogens is 300 g/mol. The van der Waals surface area contributed by atoms with Gasteiger partial charge in [0.05, 0.1) is 6.61 Å².